The maximum atomic E-state index is 13.4. The molecular weight excluding hydrogens is 366 g/mol. The topological polar surface area (TPSA) is 57.4 Å². The van der Waals surface area contributed by atoms with Gasteiger partial charge in [0.1, 0.15) is 17.4 Å². The second-order valence-electron chi connectivity index (χ2n) is 6.86. The Bertz CT molecular complexity index is 920. The van der Waals surface area contributed by atoms with Crippen LogP contribution in [-0.2, 0) is 10.2 Å². The second-order valence-corrected chi connectivity index (χ2v) is 6.86. The molecule has 1 aliphatic rings. The van der Waals surface area contributed by atoms with Gasteiger partial charge in [-0.15, -0.1) is 10.2 Å². The molecule has 0 saturated carbocycles. The summed E-state index contributed by atoms with van der Waals surface area (Å²) in [5.41, 5.74) is 0.395. The van der Waals surface area contributed by atoms with E-state index >= 15 is 0 Å². The van der Waals surface area contributed by atoms with Crippen molar-refractivity contribution in [2.45, 2.75) is 31.3 Å². The van der Waals surface area contributed by atoms with Crippen molar-refractivity contribution in [2.75, 3.05) is 13.2 Å². The molecule has 1 saturated heterocycles. The van der Waals surface area contributed by atoms with Crippen LogP contribution in [0.4, 0.5) is 8.78 Å². The maximum absolute atomic E-state index is 13.4. The van der Waals surface area contributed by atoms with Crippen LogP contribution in [0.3, 0.4) is 0 Å². The molecule has 0 amide bonds. The van der Waals surface area contributed by atoms with Crippen LogP contribution in [0.5, 0.6) is 5.75 Å². The molecule has 146 valence electrons. The third-order valence-electron chi connectivity index (χ3n) is 5.07. The Hall–Kier alpha value is -2.80. The Labute approximate surface area is 161 Å². The second kappa shape index (κ2) is 7.67. The largest absolute Gasteiger partial charge is 0.481 e. The molecule has 1 aliphatic heterocycles. The number of ether oxygens (including phenoxy) is 2. The van der Waals surface area contributed by atoms with Gasteiger partial charge in [-0.25, -0.2) is 8.78 Å². The molecular formula is C21H20F2N2O3. The number of rotatable bonds is 5. The highest BCUT2D eigenvalue weighted by Gasteiger charge is 2.41. The lowest BCUT2D eigenvalue weighted by Gasteiger charge is -2.34. The van der Waals surface area contributed by atoms with Gasteiger partial charge in [0.25, 0.3) is 5.89 Å². The van der Waals surface area contributed by atoms with E-state index in [9.17, 15) is 8.78 Å². The molecule has 0 spiro atoms. The van der Waals surface area contributed by atoms with Gasteiger partial charge in [-0.2, -0.15) is 0 Å². The van der Waals surface area contributed by atoms with E-state index in [0.29, 0.717) is 43.6 Å². The van der Waals surface area contributed by atoms with Crippen molar-refractivity contribution in [2.24, 2.45) is 0 Å². The van der Waals surface area contributed by atoms with Crippen LogP contribution >= 0.6 is 0 Å². The zero-order valence-electron chi connectivity index (χ0n) is 15.4. The van der Waals surface area contributed by atoms with Gasteiger partial charge in [-0.1, -0.05) is 12.1 Å². The fraction of sp³-hybridized carbons (Fsp3) is 0.333. The predicted octanol–water partition coefficient (Wildman–Crippen LogP) is 4.58. The van der Waals surface area contributed by atoms with Crippen LogP contribution in [-0.4, -0.2) is 23.4 Å². The number of aromatic nitrogens is 2. The van der Waals surface area contributed by atoms with E-state index in [2.05, 4.69) is 10.2 Å². The molecule has 1 atom stereocenters. The van der Waals surface area contributed by atoms with Crippen LogP contribution < -0.4 is 4.74 Å². The molecule has 0 aliphatic carbocycles. The fourth-order valence-corrected chi connectivity index (χ4v) is 3.47. The minimum Gasteiger partial charge on any atom is -0.481 e. The average Bonchev–Trinajstić information content (AvgIpc) is 3.22. The first kappa shape index (κ1) is 18.6. The van der Waals surface area contributed by atoms with Gasteiger partial charge in [-0.3, -0.25) is 0 Å². The van der Waals surface area contributed by atoms with Crippen molar-refractivity contribution in [1.82, 2.24) is 10.2 Å². The number of nitrogens with zero attached hydrogens (tertiary/aromatic N) is 2. The van der Waals surface area contributed by atoms with E-state index in [1.54, 1.807) is 31.2 Å². The van der Waals surface area contributed by atoms with E-state index in [1.807, 2.05) is 0 Å². The zero-order valence-corrected chi connectivity index (χ0v) is 15.4. The first-order valence-electron chi connectivity index (χ1n) is 9.17. The van der Waals surface area contributed by atoms with Gasteiger partial charge in [-0.05, 0) is 61.7 Å². The van der Waals surface area contributed by atoms with E-state index < -0.39 is 11.5 Å². The summed E-state index contributed by atoms with van der Waals surface area (Å²) in [5.74, 6) is 0.673. The van der Waals surface area contributed by atoms with Gasteiger partial charge in [0.15, 0.2) is 6.10 Å². The number of hydrogen-bond acceptors (Lipinski definition) is 5. The molecule has 7 heteroatoms. The van der Waals surface area contributed by atoms with Crippen LogP contribution in [0.15, 0.2) is 52.9 Å². The Kier molecular flexibility index (Phi) is 5.09. The van der Waals surface area contributed by atoms with Gasteiger partial charge < -0.3 is 13.9 Å². The van der Waals surface area contributed by atoms with Gasteiger partial charge in [0, 0.05) is 13.2 Å². The Morgan fingerprint density at radius 2 is 1.54 bits per heavy atom. The monoisotopic (exact) mass is 386 g/mol. The molecule has 3 aromatic rings. The lowest BCUT2D eigenvalue weighted by molar-refractivity contribution is 0.0530. The minimum absolute atomic E-state index is 0.293. The SMILES string of the molecule is CC(Oc1ccc(F)cc1)c1nnc(C2(c3ccc(F)cc3)CCOCC2)o1. The highest BCUT2D eigenvalue weighted by Crippen LogP contribution is 2.41. The van der Waals surface area contributed by atoms with Crippen molar-refractivity contribution in [1.29, 1.82) is 0 Å². The van der Waals surface area contributed by atoms with E-state index in [4.69, 9.17) is 13.9 Å². The first-order valence-corrected chi connectivity index (χ1v) is 9.17. The quantitative estimate of drug-likeness (QED) is 0.642. The average molecular weight is 386 g/mol. The number of halogens is 2. The first-order chi connectivity index (χ1) is 13.6. The summed E-state index contributed by atoms with van der Waals surface area (Å²) >= 11 is 0. The van der Waals surface area contributed by atoms with Gasteiger partial charge in [0.2, 0.25) is 5.89 Å². The van der Waals surface area contributed by atoms with Crippen molar-refractivity contribution < 1.29 is 22.7 Å². The molecule has 2 heterocycles. The van der Waals surface area contributed by atoms with Gasteiger partial charge >= 0.3 is 0 Å². The lowest BCUT2D eigenvalue weighted by Crippen LogP contribution is -2.35. The summed E-state index contributed by atoms with van der Waals surface area (Å²) in [5, 5.41) is 8.44. The van der Waals surface area contributed by atoms with Crippen molar-refractivity contribution in [3.8, 4) is 5.75 Å². The summed E-state index contributed by atoms with van der Waals surface area (Å²) in [6.45, 7) is 2.89. The van der Waals surface area contributed by atoms with E-state index in [1.165, 1.54) is 24.3 Å². The zero-order chi connectivity index (χ0) is 19.6. The summed E-state index contributed by atoms with van der Waals surface area (Å²) in [6.07, 6.45) is 0.817. The molecule has 5 nitrogen and oxygen atoms in total. The smallest absolute Gasteiger partial charge is 0.256 e. The third kappa shape index (κ3) is 3.62. The summed E-state index contributed by atoms with van der Waals surface area (Å²) in [7, 11) is 0. The minimum atomic E-state index is -0.521. The maximum Gasteiger partial charge on any atom is 0.256 e. The molecule has 1 fully saturated rings. The van der Waals surface area contributed by atoms with E-state index in [0.717, 1.165) is 5.56 Å². The molecule has 1 aromatic heterocycles. The lowest BCUT2D eigenvalue weighted by atomic mass is 9.74. The Morgan fingerprint density at radius 1 is 0.929 bits per heavy atom. The van der Waals surface area contributed by atoms with E-state index in [-0.39, 0.29) is 11.6 Å². The highest BCUT2D eigenvalue weighted by atomic mass is 19.1. The summed E-state index contributed by atoms with van der Waals surface area (Å²) in [4.78, 5) is 0. The molecule has 1 unspecified atom stereocenters. The molecule has 0 N–H and O–H groups in total. The third-order valence-corrected chi connectivity index (χ3v) is 5.07. The Morgan fingerprint density at radius 3 is 2.18 bits per heavy atom. The normalized spacial score (nSPS) is 17.2. The molecule has 0 radical (unpaired) electrons. The molecule has 28 heavy (non-hydrogen) atoms. The molecule has 2 aromatic carbocycles. The molecule has 4 rings (SSSR count). The fourth-order valence-electron chi connectivity index (χ4n) is 3.47. The van der Waals surface area contributed by atoms with Crippen molar-refractivity contribution in [3.63, 3.8) is 0 Å². The van der Waals surface area contributed by atoms with Crippen molar-refractivity contribution in [3.05, 3.63) is 77.5 Å². The highest BCUT2D eigenvalue weighted by molar-refractivity contribution is 5.33. The van der Waals surface area contributed by atoms with Crippen LogP contribution in [0.1, 0.15) is 43.2 Å². The molecule has 0 bridgehead atoms. The van der Waals surface area contributed by atoms with Crippen LogP contribution in [0, 0.1) is 11.6 Å². The summed E-state index contributed by atoms with van der Waals surface area (Å²) < 4.78 is 43.7. The standard InChI is InChI=1S/C21H20F2N2O3/c1-14(27-18-8-6-17(23)7-9-18)19-24-25-20(28-19)21(10-12-26-13-11-21)15-2-4-16(22)5-3-15/h2-9,14H,10-13H2,1H3. The van der Waals surface area contributed by atoms with Crippen molar-refractivity contribution >= 4 is 0 Å². The summed E-state index contributed by atoms with van der Waals surface area (Å²) in [6, 6.07) is 12.1. The van der Waals surface area contributed by atoms with Crippen LogP contribution in [0.2, 0.25) is 0 Å². The number of benzene rings is 2. The van der Waals surface area contributed by atoms with Gasteiger partial charge in [0.05, 0.1) is 5.41 Å². The van der Waals surface area contributed by atoms with Crippen LogP contribution in [0.25, 0.3) is 0 Å². The Balaban J connectivity index is 1.61. The predicted molar refractivity (Wildman–Crippen MR) is 97.0 cm³/mol. The number of hydrogen-bond donors (Lipinski definition) is 0.